The Balaban J connectivity index is 1.54. The number of benzene rings is 3. The van der Waals surface area contributed by atoms with E-state index in [0.717, 1.165) is 22.4 Å². The van der Waals surface area contributed by atoms with E-state index in [1.165, 1.54) is 0 Å². The summed E-state index contributed by atoms with van der Waals surface area (Å²) in [6, 6.07) is 25.1. The molecule has 4 nitrogen and oxygen atoms in total. The molecule has 0 heterocycles. The lowest BCUT2D eigenvalue weighted by Crippen LogP contribution is -2.30. The fourth-order valence-electron chi connectivity index (χ4n) is 2.70. The summed E-state index contributed by atoms with van der Waals surface area (Å²) in [5, 5.41) is 2.85. The first-order valence-corrected chi connectivity index (χ1v) is 9.51. The molecule has 0 saturated heterocycles. The number of carbonyl (C=O) groups is 1. The summed E-state index contributed by atoms with van der Waals surface area (Å²) in [6.45, 7) is 7.91. The number of rotatable bonds is 8. The van der Waals surface area contributed by atoms with Crippen LogP contribution in [0.25, 0.3) is 11.1 Å². The Morgan fingerprint density at radius 3 is 2.10 bits per heavy atom. The van der Waals surface area contributed by atoms with E-state index in [1.54, 1.807) is 19.1 Å². The van der Waals surface area contributed by atoms with E-state index < -0.39 is 6.10 Å². The van der Waals surface area contributed by atoms with Crippen molar-refractivity contribution >= 4 is 11.6 Å². The number of nitrogens with one attached hydrogen (secondary N) is 1. The lowest BCUT2D eigenvalue weighted by Gasteiger charge is -2.15. The summed E-state index contributed by atoms with van der Waals surface area (Å²) in [5.41, 5.74) is 3.88. The molecule has 1 unspecified atom stereocenters. The molecule has 29 heavy (non-hydrogen) atoms. The summed E-state index contributed by atoms with van der Waals surface area (Å²) in [7, 11) is 0. The molecule has 4 heteroatoms. The van der Waals surface area contributed by atoms with Crippen LogP contribution in [0.3, 0.4) is 0 Å². The largest absolute Gasteiger partial charge is 0.489 e. The van der Waals surface area contributed by atoms with Gasteiger partial charge >= 0.3 is 0 Å². The Bertz CT molecular complexity index is 948. The summed E-state index contributed by atoms with van der Waals surface area (Å²) >= 11 is 0. The third kappa shape index (κ3) is 5.98. The van der Waals surface area contributed by atoms with Gasteiger partial charge < -0.3 is 14.8 Å². The molecule has 3 aromatic carbocycles. The predicted molar refractivity (Wildman–Crippen MR) is 117 cm³/mol. The van der Waals surface area contributed by atoms with Crippen LogP contribution in [0, 0.1) is 0 Å². The lowest BCUT2D eigenvalue weighted by molar-refractivity contribution is -0.122. The summed E-state index contributed by atoms with van der Waals surface area (Å²) in [5.74, 6) is 1.16. The molecule has 0 bridgehead atoms. The number of anilines is 1. The lowest BCUT2D eigenvalue weighted by atomic mass is 10.1. The maximum absolute atomic E-state index is 12.4. The summed E-state index contributed by atoms with van der Waals surface area (Å²) in [6.07, 6.45) is -0.628. The van der Waals surface area contributed by atoms with Gasteiger partial charge in [0.15, 0.2) is 6.10 Å². The third-order valence-electron chi connectivity index (χ3n) is 4.25. The van der Waals surface area contributed by atoms with E-state index in [9.17, 15) is 4.79 Å². The van der Waals surface area contributed by atoms with Gasteiger partial charge in [0.2, 0.25) is 0 Å². The zero-order valence-electron chi connectivity index (χ0n) is 16.7. The van der Waals surface area contributed by atoms with Crippen LogP contribution >= 0.6 is 0 Å². The molecule has 0 saturated carbocycles. The van der Waals surface area contributed by atoms with Crippen molar-refractivity contribution < 1.29 is 14.3 Å². The maximum atomic E-state index is 12.4. The van der Waals surface area contributed by atoms with Crippen LogP contribution in [0.15, 0.2) is 91.0 Å². The molecule has 0 fully saturated rings. The van der Waals surface area contributed by atoms with E-state index in [2.05, 4.69) is 24.0 Å². The standard InChI is InChI=1S/C25H25NO3/c1-18(2)17-28-23-15-11-22(12-16-23)26-25(27)19(3)29-24-13-9-21(10-14-24)20-7-5-4-6-8-20/h4-16,19H,1,17H2,2-3H3,(H,26,27). The molecular formula is C25H25NO3. The highest BCUT2D eigenvalue weighted by Crippen LogP contribution is 2.23. The average Bonchev–Trinajstić information content (AvgIpc) is 2.74. The van der Waals surface area contributed by atoms with Gasteiger partial charge in [0.1, 0.15) is 18.1 Å². The van der Waals surface area contributed by atoms with Crippen LogP contribution in [0.4, 0.5) is 5.69 Å². The summed E-state index contributed by atoms with van der Waals surface area (Å²) in [4.78, 5) is 12.4. The Kier molecular flexibility index (Phi) is 6.69. The average molecular weight is 387 g/mol. The van der Waals surface area contributed by atoms with Crippen LogP contribution in [0.2, 0.25) is 0 Å². The van der Waals surface area contributed by atoms with Crippen molar-refractivity contribution in [2.24, 2.45) is 0 Å². The SMILES string of the molecule is C=C(C)COc1ccc(NC(=O)C(C)Oc2ccc(-c3ccccc3)cc2)cc1. The van der Waals surface area contributed by atoms with Crippen molar-refractivity contribution in [1.82, 2.24) is 0 Å². The molecule has 0 aromatic heterocycles. The van der Waals surface area contributed by atoms with E-state index in [1.807, 2.05) is 61.5 Å². The van der Waals surface area contributed by atoms with Crippen LogP contribution in [0.5, 0.6) is 11.5 Å². The second-order valence-corrected chi connectivity index (χ2v) is 6.91. The van der Waals surface area contributed by atoms with Crippen molar-refractivity contribution in [3.8, 4) is 22.6 Å². The van der Waals surface area contributed by atoms with Gasteiger partial charge in [-0.05, 0) is 66.9 Å². The highest BCUT2D eigenvalue weighted by molar-refractivity contribution is 5.94. The van der Waals surface area contributed by atoms with Crippen LogP contribution in [-0.4, -0.2) is 18.6 Å². The second kappa shape index (κ2) is 9.60. The highest BCUT2D eigenvalue weighted by Gasteiger charge is 2.15. The van der Waals surface area contributed by atoms with Gasteiger partial charge in [-0.25, -0.2) is 0 Å². The van der Waals surface area contributed by atoms with Crippen LogP contribution in [-0.2, 0) is 4.79 Å². The second-order valence-electron chi connectivity index (χ2n) is 6.91. The fraction of sp³-hybridized carbons (Fsp3) is 0.160. The van der Waals surface area contributed by atoms with Crippen molar-refractivity contribution in [2.75, 3.05) is 11.9 Å². The molecule has 3 rings (SSSR count). The third-order valence-corrected chi connectivity index (χ3v) is 4.25. The van der Waals surface area contributed by atoms with Crippen molar-refractivity contribution in [2.45, 2.75) is 20.0 Å². The number of carbonyl (C=O) groups excluding carboxylic acids is 1. The molecule has 1 N–H and O–H groups in total. The molecule has 148 valence electrons. The molecule has 3 aromatic rings. The predicted octanol–water partition coefficient (Wildman–Crippen LogP) is 5.71. The molecule has 0 aliphatic rings. The van der Waals surface area contributed by atoms with Gasteiger partial charge in [0.05, 0.1) is 0 Å². The molecule has 0 aliphatic heterocycles. The summed E-state index contributed by atoms with van der Waals surface area (Å²) < 4.78 is 11.3. The Morgan fingerprint density at radius 2 is 1.48 bits per heavy atom. The smallest absolute Gasteiger partial charge is 0.265 e. The van der Waals surface area contributed by atoms with Gasteiger partial charge in [-0.2, -0.15) is 0 Å². The molecule has 1 amide bonds. The molecule has 0 spiro atoms. The topological polar surface area (TPSA) is 47.6 Å². The monoisotopic (exact) mass is 387 g/mol. The van der Waals surface area contributed by atoms with E-state index in [0.29, 0.717) is 18.0 Å². The van der Waals surface area contributed by atoms with Gasteiger partial charge in [0, 0.05) is 5.69 Å². The Morgan fingerprint density at radius 1 is 0.897 bits per heavy atom. The maximum Gasteiger partial charge on any atom is 0.265 e. The number of hydrogen-bond donors (Lipinski definition) is 1. The minimum Gasteiger partial charge on any atom is -0.489 e. The first kappa shape index (κ1) is 20.2. The first-order chi connectivity index (χ1) is 14.0. The van der Waals surface area contributed by atoms with Crippen LogP contribution < -0.4 is 14.8 Å². The van der Waals surface area contributed by atoms with E-state index in [-0.39, 0.29) is 5.91 Å². The zero-order chi connectivity index (χ0) is 20.6. The fourth-order valence-corrected chi connectivity index (χ4v) is 2.70. The molecule has 0 radical (unpaired) electrons. The Hall–Kier alpha value is -3.53. The highest BCUT2D eigenvalue weighted by atomic mass is 16.5. The van der Waals surface area contributed by atoms with Gasteiger partial charge in [0.25, 0.3) is 5.91 Å². The number of amides is 1. The van der Waals surface area contributed by atoms with Crippen molar-refractivity contribution in [3.63, 3.8) is 0 Å². The van der Waals surface area contributed by atoms with Crippen LogP contribution in [0.1, 0.15) is 13.8 Å². The first-order valence-electron chi connectivity index (χ1n) is 9.51. The molecular weight excluding hydrogens is 362 g/mol. The number of ether oxygens (including phenoxy) is 2. The Labute approximate surface area is 171 Å². The quantitative estimate of drug-likeness (QED) is 0.503. The van der Waals surface area contributed by atoms with E-state index in [4.69, 9.17) is 9.47 Å². The molecule has 0 aliphatic carbocycles. The zero-order valence-corrected chi connectivity index (χ0v) is 16.7. The minimum absolute atomic E-state index is 0.215. The number of hydrogen-bond acceptors (Lipinski definition) is 3. The van der Waals surface area contributed by atoms with Gasteiger partial charge in [-0.3, -0.25) is 4.79 Å². The molecule has 1 atom stereocenters. The minimum atomic E-state index is -0.628. The normalized spacial score (nSPS) is 11.4. The van der Waals surface area contributed by atoms with Crippen molar-refractivity contribution in [1.29, 1.82) is 0 Å². The van der Waals surface area contributed by atoms with Crippen molar-refractivity contribution in [3.05, 3.63) is 91.0 Å². The van der Waals surface area contributed by atoms with Gasteiger partial charge in [-0.15, -0.1) is 0 Å². The van der Waals surface area contributed by atoms with E-state index >= 15 is 0 Å². The van der Waals surface area contributed by atoms with Gasteiger partial charge in [-0.1, -0.05) is 49.0 Å².